The van der Waals surface area contributed by atoms with Crippen LogP contribution in [0.2, 0.25) is 0 Å². The molecule has 5 heteroatoms. The lowest BCUT2D eigenvalue weighted by Crippen LogP contribution is -2.17. The molecule has 0 aliphatic rings. The molecule has 0 radical (unpaired) electrons. The molecule has 14 heavy (non-hydrogen) atoms. The van der Waals surface area contributed by atoms with Crippen LogP contribution in [0.15, 0.2) is 12.1 Å². The van der Waals surface area contributed by atoms with E-state index in [4.69, 9.17) is 5.73 Å². The fourth-order valence-corrected chi connectivity index (χ4v) is 1.63. The van der Waals surface area contributed by atoms with E-state index in [1.165, 1.54) is 0 Å². The maximum atomic E-state index is 5.43. The van der Waals surface area contributed by atoms with E-state index in [1.807, 2.05) is 17.8 Å². The van der Waals surface area contributed by atoms with Crippen LogP contribution in [0, 0.1) is 0 Å². The number of hydrogen-bond donors (Lipinski definition) is 2. The first-order valence-electron chi connectivity index (χ1n) is 4.57. The van der Waals surface area contributed by atoms with Crippen molar-refractivity contribution in [2.75, 3.05) is 23.1 Å². The zero-order valence-corrected chi connectivity index (χ0v) is 9.34. The highest BCUT2D eigenvalue weighted by Crippen LogP contribution is 2.08. The van der Waals surface area contributed by atoms with Crippen molar-refractivity contribution in [3.63, 3.8) is 0 Å². The highest BCUT2D eigenvalue weighted by atomic mass is 32.2. The summed E-state index contributed by atoms with van der Waals surface area (Å²) in [4.78, 5) is 0. The Balaban J connectivity index is 2.39. The monoisotopic (exact) mass is 212 g/mol. The Hall–Kier alpha value is -0.970. The molecule has 1 unspecified atom stereocenters. The molecule has 0 fully saturated rings. The van der Waals surface area contributed by atoms with Crippen molar-refractivity contribution in [2.45, 2.75) is 19.4 Å². The number of hydrogen-bond acceptors (Lipinski definition) is 5. The van der Waals surface area contributed by atoms with Crippen LogP contribution < -0.4 is 11.1 Å². The van der Waals surface area contributed by atoms with Crippen LogP contribution in [-0.4, -0.2) is 28.2 Å². The molecule has 1 atom stereocenters. The minimum Gasteiger partial charge on any atom is -0.382 e. The molecule has 4 nitrogen and oxygen atoms in total. The van der Waals surface area contributed by atoms with Crippen LogP contribution >= 0.6 is 11.8 Å². The zero-order chi connectivity index (χ0) is 10.4. The van der Waals surface area contributed by atoms with Gasteiger partial charge >= 0.3 is 0 Å². The second-order valence-electron chi connectivity index (χ2n) is 3.17. The summed E-state index contributed by atoms with van der Waals surface area (Å²) in [5.74, 6) is 2.39. The van der Waals surface area contributed by atoms with Crippen LogP contribution in [0.4, 0.5) is 11.6 Å². The Bertz CT molecular complexity index is 262. The Labute approximate surface area is 88.7 Å². The highest BCUT2D eigenvalue weighted by Gasteiger charge is 2.02. The molecule has 0 spiro atoms. The van der Waals surface area contributed by atoms with Gasteiger partial charge in [-0.25, -0.2) is 0 Å². The molecule has 3 N–H and O–H groups in total. The predicted molar refractivity (Wildman–Crippen MR) is 62.5 cm³/mol. The first-order valence-corrected chi connectivity index (χ1v) is 5.96. The summed E-state index contributed by atoms with van der Waals surface area (Å²) in [6.07, 6.45) is 3.23. The summed E-state index contributed by atoms with van der Waals surface area (Å²) in [5.41, 5.74) is 5.43. The summed E-state index contributed by atoms with van der Waals surface area (Å²) in [7, 11) is 0. The van der Waals surface area contributed by atoms with Crippen molar-refractivity contribution < 1.29 is 0 Å². The van der Waals surface area contributed by atoms with Crippen molar-refractivity contribution in [3.8, 4) is 0 Å². The van der Waals surface area contributed by atoms with Crippen molar-refractivity contribution in [1.29, 1.82) is 0 Å². The molecule has 0 amide bonds. The molecule has 1 aromatic heterocycles. The molecule has 0 saturated heterocycles. The molecule has 0 aromatic carbocycles. The molecule has 1 rings (SSSR count). The third-order valence-electron chi connectivity index (χ3n) is 1.83. The molecule has 78 valence electrons. The quantitative estimate of drug-likeness (QED) is 0.776. The van der Waals surface area contributed by atoms with E-state index in [-0.39, 0.29) is 0 Å². The number of nitrogen functional groups attached to an aromatic ring is 1. The number of anilines is 2. The zero-order valence-electron chi connectivity index (χ0n) is 8.53. The van der Waals surface area contributed by atoms with Gasteiger partial charge in [-0.15, -0.1) is 10.2 Å². The van der Waals surface area contributed by atoms with Crippen LogP contribution in [0.1, 0.15) is 13.3 Å². The van der Waals surface area contributed by atoms with Gasteiger partial charge in [-0.1, -0.05) is 0 Å². The number of nitrogens with zero attached hydrogens (tertiary/aromatic N) is 2. The smallest absolute Gasteiger partial charge is 0.149 e. The third kappa shape index (κ3) is 3.83. The third-order valence-corrected chi connectivity index (χ3v) is 2.48. The van der Waals surface area contributed by atoms with Gasteiger partial charge < -0.3 is 11.1 Å². The van der Waals surface area contributed by atoms with E-state index >= 15 is 0 Å². The number of nitrogens with two attached hydrogens (primary N) is 1. The number of thioether (sulfide) groups is 1. The summed E-state index contributed by atoms with van der Waals surface area (Å²) in [6, 6.07) is 4.01. The Morgan fingerprint density at radius 2 is 2.29 bits per heavy atom. The maximum absolute atomic E-state index is 5.43. The highest BCUT2D eigenvalue weighted by molar-refractivity contribution is 7.98. The van der Waals surface area contributed by atoms with Crippen LogP contribution in [-0.2, 0) is 0 Å². The molecule has 0 aliphatic heterocycles. The van der Waals surface area contributed by atoms with Gasteiger partial charge in [0.05, 0.1) is 0 Å². The van der Waals surface area contributed by atoms with Gasteiger partial charge in [0.25, 0.3) is 0 Å². The largest absolute Gasteiger partial charge is 0.382 e. The van der Waals surface area contributed by atoms with E-state index in [9.17, 15) is 0 Å². The summed E-state index contributed by atoms with van der Waals surface area (Å²) in [5, 5.41) is 11.0. The Morgan fingerprint density at radius 3 is 2.86 bits per heavy atom. The van der Waals surface area contributed by atoms with Crippen molar-refractivity contribution in [3.05, 3.63) is 12.1 Å². The fourth-order valence-electron chi connectivity index (χ4n) is 1.04. The van der Waals surface area contributed by atoms with E-state index < -0.39 is 0 Å². The Kier molecular flexibility index (Phi) is 4.52. The molecule has 0 saturated carbocycles. The molecule has 1 aromatic rings. The SMILES string of the molecule is CSCCC(C)Nc1ccc(N)nn1. The molecule has 1 heterocycles. The van der Waals surface area contributed by atoms with Crippen LogP contribution in [0.3, 0.4) is 0 Å². The summed E-state index contributed by atoms with van der Waals surface area (Å²) < 4.78 is 0. The van der Waals surface area contributed by atoms with E-state index in [0.29, 0.717) is 11.9 Å². The number of aromatic nitrogens is 2. The lowest BCUT2D eigenvalue weighted by Gasteiger charge is -2.12. The Morgan fingerprint density at radius 1 is 1.50 bits per heavy atom. The summed E-state index contributed by atoms with van der Waals surface area (Å²) >= 11 is 1.85. The number of rotatable bonds is 5. The van der Waals surface area contributed by atoms with Crippen molar-refractivity contribution >= 4 is 23.4 Å². The minimum atomic E-state index is 0.417. The molecule has 0 aliphatic carbocycles. The van der Waals surface area contributed by atoms with Gasteiger partial charge in [0.1, 0.15) is 11.6 Å². The van der Waals surface area contributed by atoms with E-state index in [1.54, 1.807) is 6.07 Å². The van der Waals surface area contributed by atoms with Crippen LogP contribution in [0.5, 0.6) is 0 Å². The molecular weight excluding hydrogens is 196 g/mol. The first kappa shape index (κ1) is 11.1. The van der Waals surface area contributed by atoms with Gasteiger partial charge in [0.15, 0.2) is 0 Å². The lowest BCUT2D eigenvalue weighted by molar-refractivity contribution is 0.762. The first-order chi connectivity index (χ1) is 6.72. The second-order valence-corrected chi connectivity index (χ2v) is 4.16. The minimum absolute atomic E-state index is 0.417. The standard InChI is InChI=1S/C9H16N4S/c1-7(5-6-14-2)11-9-4-3-8(10)12-13-9/h3-4,7H,5-6H2,1-2H3,(H2,10,12)(H,11,13). The van der Waals surface area contributed by atoms with Gasteiger partial charge in [0.2, 0.25) is 0 Å². The predicted octanol–water partition coefficient (Wildman–Crippen LogP) is 1.61. The normalized spacial score (nSPS) is 12.4. The van der Waals surface area contributed by atoms with E-state index in [0.717, 1.165) is 18.0 Å². The maximum Gasteiger partial charge on any atom is 0.149 e. The molecule has 0 bridgehead atoms. The van der Waals surface area contributed by atoms with Crippen molar-refractivity contribution in [1.82, 2.24) is 10.2 Å². The van der Waals surface area contributed by atoms with Gasteiger partial charge in [-0.3, -0.25) is 0 Å². The number of nitrogens with one attached hydrogen (secondary N) is 1. The van der Waals surface area contributed by atoms with Gasteiger partial charge in [-0.05, 0) is 37.5 Å². The summed E-state index contributed by atoms with van der Waals surface area (Å²) in [6.45, 7) is 2.13. The second kappa shape index (κ2) is 5.70. The van der Waals surface area contributed by atoms with Crippen molar-refractivity contribution in [2.24, 2.45) is 0 Å². The van der Waals surface area contributed by atoms with Crippen LogP contribution in [0.25, 0.3) is 0 Å². The van der Waals surface area contributed by atoms with Gasteiger partial charge in [0, 0.05) is 6.04 Å². The topological polar surface area (TPSA) is 63.8 Å². The average molecular weight is 212 g/mol. The lowest BCUT2D eigenvalue weighted by atomic mass is 10.2. The fraction of sp³-hybridized carbons (Fsp3) is 0.556. The van der Waals surface area contributed by atoms with E-state index in [2.05, 4.69) is 28.7 Å². The van der Waals surface area contributed by atoms with Gasteiger partial charge in [-0.2, -0.15) is 11.8 Å². The molecular formula is C9H16N4S. The average Bonchev–Trinajstić information content (AvgIpc) is 2.18.